The molecule has 0 amide bonds. The van der Waals surface area contributed by atoms with Gasteiger partial charge in [-0.15, -0.1) is 0 Å². The maximum atomic E-state index is 5.79. The lowest BCUT2D eigenvalue weighted by molar-refractivity contribution is -0.00582. The summed E-state index contributed by atoms with van der Waals surface area (Å²) in [5.41, 5.74) is 6.34. The molecule has 2 nitrogen and oxygen atoms in total. The summed E-state index contributed by atoms with van der Waals surface area (Å²) in [5, 5.41) is 0. The summed E-state index contributed by atoms with van der Waals surface area (Å²) >= 11 is 0. The zero-order valence-electron chi connectivity index (χ0n) is 8.92. The first-order valence-corrected chi connectivity index (χ1v) is 5.61. The molecular formula is C11H22N2. The first-order chi connectivity index (χ1) is 6.15. The molecular weight excluding hydrogens is 160 g/mol. The summed E-state index contributed by atoms with van der Waals surface area (Å²) in [7, 11) is 0. The van der Waals surface area contributed by atoms with Gasteiger partial charge in [-0.1, -0.05) is 13.8 Å². The second-order valence-electron chi connectivity index (χ2n) is 5.31. The minimum absolute atomic E-state index is 0.553. The van der Waals surface area contributed by atoms with Gasteiger partial charge in [0.15, 0.2) is 0 Å². The molecule has 2 rings (SSSR count). The van der Waals surface area contributed by atoms with Crippen molar-refractivity contribution in [3.8, 4) is 0 Å². The van der Waals surface area contributed by atoms with E-state index in [9.17, 15) is 0 Å². The summed E-state index contributed by atoms with van der Waals surface area (Å²) in [6.45, 7) is 6.93. The molecule has 1 aliphatic heterocycles. The van der Waals surface area contributed by atoms with Crippen molar-refractivity contribution in [1.82, 2.24) is 4.90 Å². The molecule has 0 aromatic heterocycles. The van der Waals surface area contributed by atoms with Crippen LogP contribution in [-0.4, -0.2) is 30.1 Å². The molecule has 13 heavy (non-hydrogen) atoms. The van der Waals surface area contributed by atoms with Gasteiger partial charge >= 0.3 is 0 Å². The van der Waals surface area contributed by atoms with Gasteiger partial charge in [-0.3, -0.25) is 4.90 Å². The van der Waals surface area contributed by atoms with Crippen LogP contribution >= 0.6 is 0 Å². The van der Waals surface area contributed by atoms with Crippen molar-refractivity contribution in [3.05, 3.63) is 0 Å². The molecule has 1 heterocycles. The Labute approximate surface area is 81.5 Å². The quantitative estimate of drug-likeness (QED) is 0.703. The molecule has 2 heteroatoms. The Hall–Kier alpha value is -0.0800. The van der Waals surface area contributed by atoms with Gasteiger partial charge in [0.05, 0.1) is 0 Å². The van der Waals surface area contributed by atoms with Crippen LogP contribution in [-0.2, 0) is 0 Å². The average Bonchev–Trinajstić information content (AvgIpc) is 2.51. The standard InChI is InChI=1S/C11H22N2/c1-11(2)6-5-10(11)13-7-3-4-9(13)8-12/h9-10H,3-8,12H2,1-2H3. The molecule has 76 valence electrons. The van der Waals surface area contributed by atoms with E-state index in [2.05, 4.69) is 18.7 Å². The van der Waals surface area contributed by atoms with E-state index in [-0.39, 0.29) is 0 Å². The highest BCUT2D eigenvalue weighted by Crippen LogP contribution is 2.45. The largest absolute Gasteiger partial charge is 0.329 e. The van der Waals surface area contributed by atoms with E-state index < -0.39 is 0 Å². The van der Waals surface area contributed by atoms with E-state index in [0.717, 1.165) is 12.6 Å². The third kappa shape index (κ3) is 1.50. The minimum Gasteiger partial charge on any atom is -0.329 e. The summed E-state index contributed by atoms with van der Waals surface area (Å²) < 4.78 is 0. The van der Waals surface area contributed by atoms with Crippen LogP contribution in [0.1, 0.15) is 39.5 Å². The highest BCUT2D eigenvalue weighted by molar-refractivity contribution is 4.99. The van der Waals surface area contributed by atoms with Gasteiger partial charge in [0, 0.05) is 18.6 Å². The lowest BCUT2D eigenvalue weighted by atomic mass is 9.66. The smallest absolute Gasteiger partial charge is 0.0222 e. The van der Waals surface area contributed by atoms with Gasteiger partial charge in [-0.2, -0.15) is 0 Å². The Morgan fingerprint density at radius 1 is 1.38 bits per heavy atom. The Balaban J connectivity index is 2.00. The molecule has 1 saturated heterocycles. The number of nitrogens with zero attached hydrogens (tertiary/aromatic N) is 1. The first-order valence-electron chi connectivity index (χ1n) is 5.61. The average molecular weight is 182 g/mol. The normalized spacial score (nSPS) is 39.0. The Morgan fingerprint density at radius 2 is 2.15 bits per heavy atom. The van der Waals surface area contributed by atoms with Crippen molar-refractivity contribution in [2.24, 2.45) is 11.1 Å². The second-order valence-corrected chi connectivity index (χ2v) is 5.31. The fourth-order valence-corrected chi connectivity index (χ4v) is 2.99. The Morgan fingerprint density at radius 3 is 2.62 bits per heavy atom. The lowest BCUT2D eigenvalue weighted by Crippen LogP contribution is -2.55. The van der Waals surface area contributed by atoms with Crippen molar-refractivity contribution in [2.75, 3.05) is 13.1 Å². The third-order valence-corrected chi connectivity index (χ3v) is 4.06. The van der Waals surface area contributed by atoms with Gasteiger partial charge in [-0.05, 0) is 37.6 Å². The molecule has 0 aromatic carbocycles. The van der Waals surface area contributed by atoms with Gasteiger partial charge in [0.2, 0.25) is 0 Å². The minimum atomic E-state index is 0.553. The Bertz CT molecular complexity index is 189. The first kappa shape index (κ1) is 9.47. The van der Waals surface area contributed by atoms with Crippen LogP contribution < -0.4 is 5.73 Å². The van der Waals surface area contributed by atoms with Crippen LogP contribution in [0.25, 0.3) is 0 Å². The topological polar surface area (TPSA) is 29.3 Å². The van der Waals surface area contributed by atoms with E-state index in [1.165, 1.54) is 32.2 Å². The summed E-state index contributed by atoms with van der Waals surface area (Å²) in [6, 6.07) is 1.51. The molecule has 0 bridgehead atoms. The number of likely N-dealkylation sites (tertiary alicyclic amines) is 1. The van der Waals surface area contributed by atoms with Crippen molar-refractivity contribution in [1.29, 1.82) is 0 Å². The van der Waals surface area contributed by atoms with Gasteiger partial charge in [0.25, 0.3) is 0 Å². The molecule has 2 N–H and O–H groups in total. The van der Waals surface area contributed by atoms with Crippen molar-refractivity contribution >= 4 is 0 Å². The van der Waals surface area contributed by atoms with E-state index >= 15 is 0 Å². The van der Waals surface area contributed by atoms with E-state index in [1.807, 2.05) is 0 Å². The van der Waals surface area contributed by atoms with E-state index in [4.69, 9.17) is 5.73 Å². The van der Waals surface area contributed by atoms with Crippen LogP contribution in [0.15, 0.2) is 0 Å². The number of hydrogen-bond acceptors (Lipinski definition) is 2. The third-order valence-electron chi connectivity index (χ3n) is 4.06. The predicted molar refractivity (Wildman–Crippen MR) is 55.6 cm³/mol. The highest BCUT2D eigenvalue weighted by Gasteiger charge is 2.44. The molecule has 0 radical (unpaired) electrons. The van der Waals surface area contributed by atoms with Crippen LogP contribution in [0.5, 0.6) is 0 Å². The second kappa shape index (κ2) is 3.25. The molecule has 2 atom stereocenters. The molecule has 2 fully saturated rings. The highest BCUT2D eigenvalue weighted by atomic mass is 15.2. The van der Waals surface area contributed by atoms with Crippen molar-refractivity contribution in [3.63, 3.8) is 0 Å². The predicted octanol–water partition coefficient (Wildman–Crippen LogP) is 1.60. The van der Waals surface area contributed by atoms with Gasteiger partial charge < -0.3 is 5.73 Å². The fraction of sp³-hybridized carbons (Fsp3) is 1.00. The number of hydrogen-bond donors (Lipinski definition) is 1. The van der Waals surface area contributed by atoms with Gasteiger partial charge in [0.1, 0.15) is 0 Å². The van der Waals surface area contributed by atoms with Crippen LogP contribution in [0.2, 0.25) is 0 Å². The molecule has 0 spiro atoms. The monoisotopic (exact) mass is 182 g/mol. The lowest BCUT2D eigenvalue weighted by Gasteiger charge is -2.51. The van der Waals surface area contributed by atoms with Crippen LogP contribution in [0.4, 0.5) is 0 Å². The molecule has 1 saturated carbocycles. The summed E-state index contributed by atoms with van der Waals surface area (Å²) in [4.78, 5) is 2.67. The SMILES string of the molecule is CC1(C)CCC1N1CCCC1CN. The maximum absolute atomic E-state index is 5.79. The zero-order chi connectivity index (χ0) is 9.47. The zero-order valence-corrected chi connectivity index (χ0v) is 8.92. The van der Waals surface area contributed by atoms with Gasteiger partial charge in [-0.25, -0.2) is 0 Å². The number of nitrogens with two attached hydrogens (primary N) is 1. The summed E-state index contributed by atoms with van der Waals surface area (Å²) in [6.07, 6.45) is 5.46. The molecule has 0 aromatic rings. The van der Waals surface area contributed by atoms with Crippen LogP contribution in [0.3, 0.4) is 0 Å². The molecule has 1 aliphatic carbocycles. The molecule has 2 aliphatic rings. The van der Waals surface area contributed by atoms with Crippen molar-refractivity contribution < 1.29 is 0 Å². The number of rotatable bonds is 2. The van der Waals surface area contributed by atoms with Crippen molar-refractivity contribution in [2.45, 2.75) is 51.6 Å². The maximum Gasteiger partial charge on any atom is 0.0222 e. The summed E-state index contributed by atoms with van der Waals surface area (Å²) in [5.74, 6) is 0. The molecule has 2 unspecified atom stereocenters. The Kier molecular flexibility index (Phi) is 2.37. The van der Waals surface area contributed by atoms with E-state index in [1.54, 1.807) is 0 Å². The fourth-order valence-electron chi connectivity index (χ4n) is 2.99. The van der Waals surface area contributed by atoms with E-state index in [0.29, 0.717) is 11.5 Å². The van der Waals surface area contributed by atoms with Crippen LogP contribution in [0, 0.1) is 5.41 Å².